The first-order valence-corrected chi connectivity index (χ1v) is 4.52. The molecule has 1 aromatic heterocycles. The summed E-state index contributed by atoms with van der Waals surface area (Å²) in [6, 6.07) is 6.48. The van der Waals surface area contributed by atoms with Crippen LogP contribution in [-0.4, -0.2) is 20.3 Å². The fraction of sp³-hybridized carbons (Fsp3) is 0.125. The van der Waals surface area contributed by atoms with E-state index in [-0.39, 0.29) is 0 Å². The Morgan fingerprint density at radius 1 is 1.47 bits per heavy atom. The van der Waals surface area contributed by atoms with Gasteiger partial charge in [-0.05, 0) is 17.3 Å². The van der Waals surface area contributed by atoms with Crippen LogP contribution in [0.5, 0.6) is 0 Å². The Morgan fingerprint density at radius 3 is 3.00 bits per heavy atom. The molecule has 15 heavy (non-hydrogen) atoms. The quantitative estimate of drug-likeness (QED) is 0.809. The lowest BCUT2D eigenvalue weighted by Crippen LogP contribution is -2.20. The summed E-state index contributed by atoms with van der Waals surface area (Å²) in [4.78, 5) is 0.950. The normalized spacial score (nSPS) is 12.4. The number of tetrazole rings is 1. The van der Waals surface area contributed by atoms with Crippen molar-refractivity contribution in [2.24, 2.45) is 0 Å². The van der Waals surface area contributed by atoms with E-state index in [2.05, 4.69) is 20.8 Å². The molecule has 0 bridgehead atoms. The highest BCUT2D eigenvalue weighted by molar-refractivity contribution is 6.30. The van der Waals surface area contributed by atoms with Crippen LogP contribution in [-0.2, 0) is 0 Å². The van der Waals surface area contributed by atoms with Crippen molar-refractivity contribution in [2.45, 2.75) is 6.30 Å². The summed E-state index contributed by atoms with van der Waals surface area (Å²) in [6.45, 7) is 0. The second kappa shape index (κ2) is 4.22. The molecule has 5 nitrogen and oxygen atoms in total. The lowest BCUT2D eigenvalue weighted by atomic mass is 10.2. The van der Waals surface area contributed by atoms with E-state index in [1.54, 1.807) is 18.2 Å². The van der Waals surface area contributed by atoms with E-state index < -0.39 is 6.30 Å². The molecular weight excluding hydrogens is 221 g/mol. The van der Waals surface area contributed by atoms with E-state index in [0.717, 1.165) is 4.91 Å². The molecule has 1 unspecified atom stereocenters. The molecule has 1 N–H and O–H groups in total. The monoisotopic (exact) mass is 227 g/mol. The fourth-order valence-electron chi connectivity index (χ4n) is 1.07. The van der Waals surface area contributed by atoms with Gasteiger partial charge in [0.05, 0.1) is 0 Å². The molecule has 1 heterocycles. The highest BCUT2D eigenvalue weighted by atomic mass is 35.5. The average molecular weight is 228 g/mol. The smallest absolute Gasteiger partial charge is 0.211 e. The van der Waals surface area contributed by atoms with E-state index in [0.29, 0.717) is 10.6 Å². The number of nitrogens with one attached hydrogen (secondary N) is 1. The molecule has 1 aromatic carbocycles. The zero-order chi connectivity index (χ0) is 10.7. The minimum Gasteiger partial charge on any atom is -0.254 e. The first kappa shape index (κ1) is 9.85. The Balaban J connectivity index is 2.11. The van der Waals surface area contributed by atoms with Crippen LogP contribution >= 0.6 is 11.6 Å². The molecule has 0 radical (unpaired) electrons. The Morgan fingerprint density at radius 2 is 2.33 bits per heavy atom. The molecule has 1 atom stereocenters. The Labute approximate surface area is 89.8 Å². The van der Waals surface area contributed by atoms with Gasteiger partial charge < -0.3 is 0 Å². The summed E-state index contributed by atoms with van der Waals surface area (Å²) in [7, 11) is 0. The van der Waals surface area contributed by atoms with Crippen molar-refractivity contribution >= 4 is 11.6 Å². The number of hydrogen-bond acceptors (Lipinski definition) is 4. The molecule has 0 aliphatic carbocycles. The third-order valence-electron chi connectivity index (χ3n) is 1.72. The van der Waals surface area contributed by atoms with E-state index in [9.17, 15) is 4.39 Å². The van der Waals surface area contributed by atoms with Crippen LogP contribution in [0, 0.1) is 0 Å². The Bertz CT molecular complexity index is 432. The highest BCUT2D eigenvalue weighted by Gasteiger charge is 2.10. The average Bonchev–Trinajstić information content (AvgIpc) is 2.70. The highest BCUT2D eigenvalue weighted by Crippen LogP contribution is 2.18. The minimum absolute atomic E-state index is 0.403. The topological polar surface area (TPSA) is 55.6 Å². The molecular formula is C8H7ClFN5. The van der Waals surface area contributed by atoms with Gasteiger partial charge in [0.2, 0.25) is 6.30 Å². The molecule has 2 aromatic rings. The second-order valence-electron chi connectivity index (χ2n) is 2.77. The molecule has 0 saturated heterocycles. The fourth-order valence-corrected chi connectivity index (χ4v) is 1.27. The molecule has 0 fully saturated rings. The lowest BCUT2D eigenvalue weighted by molar-refractivity contribution is 0.336. The van der Waals surface area contributed by atoms with Crippen molar-refractivity contribution in [2.75, 3.05) is 5.43 Å². The summed E-state index contributed by atoms with van der Waals surface area (Å²) < 4.78 is 13.6. The van der Waals surface area contributed by atoms with E-state index in [4.69, 9.17) is 11.6 Å². The minimum atomic E-state index is -1.43. The largest absolute Gasteiger partial charge is 0.254 e. The van der Waals surface area contributed by atoms with Crippen LogP contribution in [0.1, 0.15) is 11.9 Å². The molecule has 2 rings (SSSR count). The van der Waals surface area contributed by atoms with Crippen LogP contribution in [0.4, 0.5) is 4.39 Å². The second-order valence-corrected chi connectivity index (χ2v) is 3.21. The molecule has 78 valence electrons. The number of benzene rings is 1. The zero-order valence-corrected chi connectivity index (χ0v) is 8.26. The Kier molecular flexibility index (Phi) is 2.77. The van der Waals surface area contributed by atoms with Crippen LogP contribution < -0.4 is 5.43 Å². The maximum atomic E-state index is 13.6. The van der Waals surface area contributed by atoms with Gasteiger partial charge in [-0.25, -0.2) is 4.39 Å². The number of halogens is 2. The van der Waals surface area contributed by atoms with Gasteiger partial charge in [0.25, 0.3) is 0 Å². The van der Waals surface area contributed by atoms with Crippen molar-refractivity contribution in [1.82, 2.24) is 20.3 Å². The summed E-state index contributed by atoms with van der Waals surface area (Å²) in [6.07, 6.45) is -0.226. The molecule has 0 amide bonds. The van der Waals surface area contributed by atoms with Crippen LogP contribution in [0.2, 0.25) is 5.02 Å². The maximum Gasteiger partial charge on any atom is 0.211 e. The van der Waals surface area contributed by atoms with Gasteiger partial charge in [0.1, 0.15) is 0 Å². The SMILES string of the molecule is FC(Nn1ncnn1)c1cccc(Cl)c1. The predicted molar refractivity (Wildman–Crippen MR) is 52.5 cm³/mol. The van der Waals surface area contributed by atoms with Gasteiger partial charge in [-0.15, -0.1) is 10.2 Å². The summed E-state index contributed by atoms with van der Waals surface area (Å²) in [5.74, 6) is 0. The van der Waals surface area contributed by atoms with Crippen LogP contribution in [0.15, 0.2) is 30.6 Å². The van der Waals surface area contributed by atoms with Crippen LogP contribution in [0.3, 0.4) is 0 Å². The third-order valence-corrected chi connectivity index (χ3v) is 1.95. The van der Waals surface area contributed by atoms with Crippen molar-refractivity contribution in [3.8, 4) is 0 Å². The Hall–Kier alpha value is -1.69. The number of hydrogen-bond donors (Lipinski definition) is 1. The van der Waals surface area contributed by atoms with Crippen molar-refractivity contribution in [3.05, 3.63) is 41.2 Å². The third kappa shape index (κ3) is 2.41. The molecule has 7 heteroatoms. The maximum absolute atomic E-state index is 13.6. The van der Waals surface area contributed by atoms with Gasteiger partial charge in [0, 0.05) is 10.6 Å². The molecule has 0 spiro atoms. The predicted octanol–water partition coefficient (Wildman–Crippen LogP) is 1.54. The van der Waals surface area contributed by atoms with E-state index in [1.807, 2.05) is 0 Å². The standard InChI is InChI=1S/C8H7ClFN5/c9-7-3-1-2-6(4-7)8(10)13-15-12-5-11-14-15/h1-5,8,13H. The van der Waals surface area contributed by atoms with Crippen molar-refractivity contribution in [3.63, 3.8) is 0 Å². The van der Waals surface area contributed by atoms with Gasteiger partial charge >= 0.3 is 0 Å². The van der Waals surface area contributed by atoms with Gasteiger partial charge in [-0.2, -0.15) is 0 Å². The molecule has 0 aliphatic heterocycles. The van der Waals surface area contributed by atoms with Gasteiger partial charge in [-0.3, -0.25) is 5.43 Å². The lowest BCUT2D eigenvalue weighted by Gasteiger charge is -2.09. The van der Waals surface area contributed by atoms with Gasteiger partial charge in [0.15, 0.2) is 6.33 Å². The van der Waals surface area contributed by atoms with E-state index in [1.165, 1.54) is 12.4 Å². The van der Waals surface area contributed by atoms with Gasteiger partial charge in [-0.1, -0.05) is 28.6 Å². The number of aromatic nitrogens is 4. The summed E-state index contributed by atoms with van der Waals surface area (Å²) in [5.41, 5.74) is 2.77. The summed E-state index contributed by atoms with van der Waals surface area (Å²) in [5, 5.41) is 11.0. The summed E-state index contributed by atoms with van der Waals surface area (Å²) >= 11 is 5.73. The number of nitrogens with zero attached hydrogens (tertiary/aromatic N) is 4. The first-order valence-electron chi connectivity index (χ1n) is 4.15. The van der Waals surface area contributed by atoms with Crippen molar-refractivity contribution < 1.29 is 4.39 Å². The van der Waals surface area contributed by atoms with Crippen LogP contribution in [0.25, 0.3) is 0 Å². The number of rotatable bonds is 3. The number of alkyl halides is 1. The van der Waals surface area contributed by atoms with E-state index >= 15 is 0 Å². The molecule has 0 saturated carbocycles. The zero-order valence-electron chi connectivity index (χ0n) is 7.51. The molecule has 0 aliphatic rings. The first-order chi connectivity index (χ1) is 7.25. The van der Waals surface area contributed by atoms with Crippen molar-refractivity contribution in [1.29, 1.82) is 0 Å².